The second kappa shape index (κ2) is 5.14. The third-order valence-electron chi connectivity index (χ3n) is 1.90. The standard InChI is InChI=1S/C11H10O2S.ClH/c1-2-13-11(12)10-7-8-5-3-4-6-9(8)14-10;/h3-7H,2H2,1H3;1H. The van der Waals surface area contributed by atoms with Crippen molar-refractivity contribution in [3.63, 3.8) is 0 Å². The predicted molar refractivity (Wildman–Crippen MR) is 65.0 cm³/mol. The molecule has 0 aliphatic heterocycles. The van der Waals surface area contributed by atoms with Gasteiger partial charge >= 0.3 is 5.97 Å². The van der Waals surface area contributed by atoms with Crippen LogP contribution < -0.4 is 0 Å². The van der Waals surface area contributed by atoms with Gasteiger partial charge in [0.05, 0.1) is 6.61 Å². The Morgan fingerprint density at radius 3 is 2.80 bits per heavy atom. The molecule has 1 aromatic carbocycles. The summed E-state index contributed by atoms with van der Waals surface area (Å²) < 4.78 is 6.05. The number of carbonyl (C=O) groups is 1. The lowest BCUT2D eigenvalue weighted by Crippen LogP contribution is -2.01. The van der Waals surface area contributed by atoms with Crippen LogP contribution in [0.25, 0.3) is 10.1 Å². The highest BCUT2D eigenvalue weighted by Gasteiger charge is 2.09. The lowest BCUT2D eigenvalue weighted by atomic mass is 10.2. The maximum atomic E-state index is 11.4. The summed E-state index contributed by atoms with van der Waals surface area (Å²) in [5.74, 6) is -0.228. The third kappa shape index (κ3) is 2.49. The van der Waals surface area contributed by atoms with Crippen LogP contribution >= 0.6 is 23.7 Å². The van der Waals surface area contributed by atoms with E-state index in [0.29, 0.717) is 11.5 Å². The Balaban J connectivity index is 0.00000112. The smallest absolute Gasteiger partial charge is 0.348 e. The molecule has 0 aliphatic rings. The van der Waals surface area contributed by atoms with Crippen LogP contribution in [0, 0.1) is 0 Å². The van der Waals surface area contributed by atoms with Crippen LogP contribution in [0.2, 0.25) is 0 Å². The number of rotatable bonds is 2. The Labute approximate surface area is 98.3 Å². The summed E-state index contributed by atoms with van der Waals surface area (Å²) >= 11 is 1.47. The topological polar surface area (TPSA) is 26.3 Å². The van der Waals surface area contributed by atoms with E-state index in [1.54, 1.807) is 0 Å². The molecular formula is C11H11ClO2S. The lowest BCUT2D eigenvalue weighted by molar-refractivity contribution is 0.0532. The van der Waals surface area contributed by atoms with E-state index in [0.717, 1.165) is 10.1 Å². The minimum atomic E-state index is -0.228. The van der Waals surface area contributed by atoms with E-state index >= 15 is 0 Å². The molecule has 0 fully saturated rings. The Hall–Kier alpha value is -1.06. The van der Waals surface area contributed by atoms with E-state index < -0.39 is 0 Å². The van der Waals surface area contributed by atoms with Gasteiger partial charge in [-0.2, -0.15) is 0 Å². The maximum absolute atomic E-state index is 11.4. The first-order valence-corrected chi connectivity index (χ1v) is 5.28. The number of esters is 1. The zero-order chi connectivity index (χ0) is 9.97. The van der Waals surface area contributed by atoms with Crippen molar-refractivity contribution in [1.82, 2.24) is 0 Å². The fourth-order valence-electron chi connectivity index (χ4n) is 1.28. The predicted octanol–water partition coefficient (Wildman–Crippen LogP) is 3.50. The molecule has 0 saturated heterocycles. The number of ether oxygens (including phenoxy) is 1. The molecule has 0 atom stereocenters. The molecule has 15 heavy (non-hydrogen) atoms. The number of fused-ring (bicyclic) bond motifs is 1. The summed E-state index contributed by atoms with van der Waals surface area (Å²) in [7, 11) is 0. The van der Waals surface area contributed by atoms with Gasteiger partial charge in [-0.3, -0.25) is 0 Å². The van der Waals surface area contributed by atoms with Gasteiger partial charge < -0.3 is 4.74 Å². The minimum absolute atomic E-state index is 0. The van der Waals surface area contributed by atoms with Gasteiger partial charge in [-0.15, -0.1) is 23.7 Å². The first-order valence-electron chi connectivity index (χ1n) is 4.47. The van der Waals surface area contributed by atoms with Crippen molar-refractivity contribution in [2.45, 2.75) is 6.92 Å². The average molecular weight is 243 g/mol. The molecule has 0 amide bonds. The summed E-state index contributed by atoms with van der Waals surface area (Å²) in [6, 6.07) is 9.80. The van der Waals surface area contributed by atoms with Crippen molar-refractivity contribution in [3.8, 4) is 0 Å². The van der Waals surface area contributed by atoms with Crippen molar-refractivity contribution < 1.29 is 9.53 Å². The lowest BCUT2D eigenvalue weighted by Gasteiger charge is -1.95. The summed E-state index contributed by atoms with van der Waals surface area (Å²) in [6.45, 7) is 2.23. The van der Waals surface area contributed by atoms with E-state index in [9.17, 15) is 4.79 Å². The molecule has 2 aromatic rings. The Kier molecular flexibility index (Phi) is 4.12. The van der Waals surface area contributed by atoms with Crippen molar-refractivity contribution in [2.24, 2.45) is 0 Å². The number of benzene rings is 1. The van der Waals surface area contributed by atoms with Crippen molar-refractivity contribution in [1.29, 1.82) is 0 Å². The monoisotopic (exact) mass is 242 g/mol. The van der Waals surface area contributed by atoms with E-state index in [1.165, 1.54) is 11.3 Å². The third-order valence-corrected chi connectivity index (χ3v) is 3.00. The first kappa shape index (κ1) is 12.0. The molecule has 0 N–H and O–H groups in total. The quantitative estimate of drug-likeness (QED) is 0.754. The number of hydrogen-bond acceptors (Lipinski definition) is 3. The number of hydrogen-bond donors (Lipinski definition) is 0. The molecule has 0 radical (unpaired) electrons. The first-order chi connectivity index (χ1) is 6.81. The van der Waals surface area contributed by atoms with Gasteiger partial charge in [0.15, 0.2) is 0 Å². The largest absolute Gasteiger partial charge is 0.462 e. The van der Waals surface area contributed by atoms with E-state index in [4.69, 9.17) is 4.74 Å². The molecular weight excluding hydrogens is 232 g/mol. The second-order valence-electron chi connectivity index (χ2n) is 2.87. The minimum Gasteiger partial charge on any atom is -0.462 e. The molecule has 1 heterocycles. The molecule has 0 aliphatic carbocycles. The van der Waals surface area contributed by atoms with Crippen LogP contribution in [0.5, 0.6) is 0 Å². The zero-order valence-electron chi connectivity index (χ0n) is 8.23. The summed E-state index contributed by atoms with van der Waals surface area (Å²) in [5.41, 5.74) is 0. The van der Waals surface area contributed by atoms with Crippen LogP contribution in [0.1, 0.15) is 16.6 Å². The van der Waals surface area contributed by atoms with Gasteiger partial charge in [-0.25, -0.2) is 4.79 Å². The van der Waals surface area contributed by atoms with Crippen LogP contribution in [0.3, 0.4) is 0 Å². The molecule has 80 valence electrons. The summed E-state index contributed by atoms with van der Waals surface area (Å²) in [4.78, 5) is 12.1. The molecule has 0 unspecified atom stereocenters. The molecule has 1 aromatic heterocycles. The number of thiophene rings is 1. The second-order valence-corrected chi connectivity index (χ2v) is 3.95. The number of halogens is 1. The zero-order valence-corrected chi connectivity index (χ0v) is 9.86. The van der Waals surface area contributed by atoms with Crippen LogP contribution in [-0.4, -0.2) is 12.6 Å². The van der Waals surface area contributed by atoms with E-state index in [1.807, 2.05) is 37.3 Å². The van der Waals surface area contributed by atoms with E-state index in [-0.39, 0.29) is 18.4 Å². The van der Waals surface area contributed by atoms with Crippen LogP contribution in [-0.2, 0) is 4.74 Å². The summed E-state index contributed by atoms with van der Waals surface area (Å²) in [6.07, 6.45) is 0. The van der Waals surface area contributed by atoms with Gasteiger partial charge in [0.1, 0.15) is 4.88 Å². The van der Waals surface area contributed by atoms with E-state index in [2.05, 4.69) is 0 Å². The average Bonchev–Trinajstić information content (AvgIpc) is 2.61. The number of carbonyl (C=O) groups excluding carboxylic acids is 1. The van der Waals surface area contributed by atoms with Gasteiger partial charge in [-0.05, 0) is 24.4 Å². The van der Waals surface area contributed by atoms with Gasteiger partial charge in [-0.1, -0.05) is 18.2 Å². The SMILES string of the molecule is CCOC(=O)c1cc2ccccc2s1.Cl. The van der Waals surface area contributed by atoms with Crippen molar-refractivity contribution >= 4 is 39.8 Å². The van der Waals surface area contributed by atoms with Gasteiger partial charge in [0.25, 0.3) is 0 Å². The highest BCUT2D eigenvalue weighted by atomic mass is 35.5. The Bertz CT molecular complexity index is 431. The molecule has 0 spiro atoms. The van der Waals surface area contributed by atoms with Crippen LogP contribution in [0.4, 0.5) is 0 Å². The van der Waals surface area contributed by atoms with Crippen LogP contribution in [0.15, 0.2) is 30.3 Å². The Morgan fingerprint density at radius 2 is 2.13 bits per heavy atom. The van der Waals surface area contributed by atoms with Crippen molar-refractivity contribution in [2.75, 3.05) is 6.61 Å². The normalized spacial score (nSPS) is 9.67. The highest BCUT2D eigenvalue weighted by molar-refractivity contribution is 7.20. The van der Waals surface area contributed by atoms with Crippen molar-refractivity contribution in [3.05, 3.63) is 35.2 Å². The maximum Gasteiger partial charge on any atom is 0.348 e. The molecule has 2 nitrogen and oxygen atoms in total. The van der Waals surface area contributed by atoms with Gasteiger partial charge in [0.2, 0.25) is 0 Å². The Morgan fingerprint density at radius 1 is 1.40 bits per heavy atom. The highest BCUT2D eigenvalue weighted by Crippen LogP contribution is 2.25. The fraction of sp³-hybridized carbons (Fsp3) is 0.182. The molecule has 0 saturated carbocycles. The van der Waals surface area contributed by atoms with Gasteiger partial charge in [0, 0.05) is 4.70 Å². The molecule has 4 heteroatoms. The summed E-state index contributed by atoms with van der Waals surface area (Å²) in [5, 5.41) is 1.10. The molecule has 0 bridgehead atoms. The fourth-order valence-corrected chi connectivity index (χ4v) is 2.24. The molecule has 2 rings (SSSR count).